The van der Waals surface area contributed by atoms with Crippen molar-refractivity contribution in [3.05, 3.63) is 30.0 Å². The molecule has 194 valence electrons. The summed E-state index contributed by atoms with van der Waals surface area (Å²) in [7, 11) is 0. The average molecular weight is 502 g/mol. The minimum absolute atomic E-state index is 0.311. The van der Waals surface area contributed by atoms with Gasteiger partial charge in [0, 0.05) is 31.4 Å². The summed E-state index contributed by atoms with van der Waals surface area (Å²) in [5.74, 6) is 2.67. The molecule has 0 aromatic carbocycles. The molecule has 3 N–H and O–H groups in total. The van der Waals surface area contributed by atoms with E-state index in [1.54, 1.807) is 0 Å². The molecule has 0 bridgehead atoms. The Morgan fingerprint density at radius 1 is 1.00 bits per heavy atom. The molecule has 1 saturated heterocycles. The Labute approximate surface area is 216 Å². The molecule has 4 aromatic heterocycles. The first-order valence-corrected chi connectivity index (χ1v) is 13.4. The quantitative estimate of drug-likeness (QED) is 0.410. The van der Waals surface area contributed by atoms with Gasteiger partial charge in [-0.15, -0.1) is 0 Å². The predicted octanol–water partition coefficient (Wildman–Crippen LogP) is 4.65. The smallest absolute Gasteiger partial charge is 0.165 e. The second kappa shape index (κ2) is 8.58. The molecule has 5 heterocycles. The summed E-state index contributed by atoms with van der Waals surface area (Å²) in [6.07, 6.45) is 9.98. The van der Waals surface area contributed by atoms with Crippen LogP contribution in [0.15, 0.2) is 23.2 Å². The zero-order chi connectivity index (χ0) is 25.9. The van der Waals surface area contributed by atoms with Gasteiger partial charge in [0.15, 0.2) is 17.2 Å². The van der Waals surface area contributed by atoms with Crippen molar-refractivity contribution in [2.24, 2.45) is 5.41 Å². The highest BCUT2D eigenvalue weighted by Gasteiger charge is 2.48. The lowest BCUT2D eigenvalue weighted by Crippen LogP contribution is -2.59. The number of fused-ring (bicyclic) bond motifs is 1. The fourth-order valence-corrected chi connectivity index (χ4v) is 5.58. The number of hydrogen-bond donors (Lipinski definition) is 2. The van der Waals surface area contributed by atoms with Crippen LogP contribution < -0.4 is 11.1 Å². The van der Waals surface area contributed by atoms with Crippen LogP contribution in [-0.2, 0) is 5.54 Å². The van der Waals surface area contributed by atoms with Crippen molar-refractivity contribution in [2.45, 2.75) is 77.7 Å². The van der Waals surface area contributed by atoms with E-state index in [0.717, 1.165) is 37.3 Å². The summed E-state index contributed by atoms with van der Waals surface area (Å²) in [5, 5.41) is 13.5. The molecule has 3 fully saturated rings. The highest BCUT2D eigenvalue weighted by Crippen LogP contribution is 2.53. The van der Waals surface area contributed by atoms with E-state index in [1.807, 2.05) is 30.9 Å². The minimum atomic E-state index is -0.311. The van der Waals surface area contributed by atoms with E-state index in [1.165, 1.54) is 24.7 Å². The van der Waals surface area contributed by atoms with Gasteiger partial charge in [-0.2, -0.15) is 5.10 Å². The van der Waals surface area contributed by atoms with E-state index in [2.05, 4.69) is 41.2 Å². The Hall–Kier alpha value is -3.40. The second-order valence-electron chi connectivity index (χ2n) is 11.5. The van der Waals surface area contributed by atoms with Gasteiger partial charge in [0.25, 0.3) is 0 Å². The molecule has 37 heavy (non-hydrogen) atoms. The molecule has 0 amide bonds. The molecule has 2 saturated carbocycles. The monoisotopic (exact) mass is 501 g/mol. The topological polar surface area (TPSA) is 133 Å². The van der Waals surface area contributed by atoms with Crippen molar-refractivity contribution >= 4 is 16.9 Å². The van der Waals surface area contributed by atoms with E-state index in [9.17, 15) is 0 Å². The normalized spacial score (nSPS) is 18.8. The van der Waals surface area contributed by atoms with Gasteiger partial charge in [0.2, 0.25) is 0 Å². The zero-order valence-electron chi connectivity index (χ0n) is 22.2. The van der Waals surface area contributed by atoms with Crippen LogP contribution in [-0.4, -0.2) is 48.0 Å². The van der Waals surface area contributed by atoms with Crippen LogP contribution in [0, 0.1) is 5.41 Å². The first-order chi connectivity index (χ1) is 17.8. The van der Waals surface area contributed by atoms with E-state index in [-0.39, 0.29) is 5.54 Å². The molecular weight excluding hydrogens is 466 g/mol. The summed E-state index contributed by atoms with van der Waals surface area (Å²) in [5.41, 5.74) is 10.4. The molecule has 0 atom stereocenters. The maximum absolute atomic E-state index is 6.33. The van der Waals surface area contributed by atoms with Crippen molar-refractivity contribution in [3.63, 3.8) is 0 Å². The van der Waals surface area contributed by atoms with Gasteiger partial charge < -0.3 is 15.6 Å². The van der Waals surface area contributed by atoms with Crippen molar-refractivity contribution < 1.29 is 4.52 Å². The van der Waals surface area contributed by atoms with Crippen LogP contribution in [0.2, 0.25) is 0 Å². The Morgan fingerprint density at radius 2 is 1.70 bits per heavy atom. The Morgan fingerprint density at radius 3 is 2.30 bits per heavy atom. The number of aromatic nitrogens is 7. The number of hydrogen-bond acceptors (Lipinski definition) is 9. The van der Waals surface area contributed by atoms with Crippen molar-refractivity contribution in [1.82, 2.24) is 40.2 Å². The van der Waals surface area contributed by atoms with Gasteiger partial charge in [0.05, 0.1) is 16.5 Å². The molecule has 1 aliphatic heterocycles. The van der Waals surface area contributed by atoms with E-state index < -0.39 is 0 Å². The summed E-state index contributed by atoms with van der Waals surface area (Å²) in [6.45, 7) is 12.5. The summed E-state index contributed by atoms with van der Waals surface area (Å²) in [4.78, 5) is 18.3. The molecule has 10 heteroatoms. The summed E-state index contributed by atoms with van der Waals surface area (Å²) in [6, 6.07) is 0. The molecule has 3 aliphatic rings. The fraction of sp³-hybridized carbons (Fsp3) is 0.556. The van der Waals surface area contributed by atoms with Gasteiger partial charge in [-0.05, 0) is 63.4 Å². The van der Waals surface area contributed by atoms with Gasteiger partial charge in [-0.1, -0.05) is 19.0 Å². The van der Waals surface area contributed by atoms with E-state index in [4.69, 9.17) is 25.3 Å². The Kier molecular flexibility index (Phi) is 5.56. The third kappa shape index (κ3) is 3.89. The van der Waals surface area contributed by atoms with Crippen molar-refractivity contribution in [3.8, 4) is 22.8 Å². The molecule has 10 nitrogen and oxygen atoms in total. The van der Waals surface area contributed by atoms with Gasteiger partial charge in [-0.3, -0.25) is 0 Å². The number of nitrogens with two attached hydrogens (primary N) is 1. The average Bonchev–Trinajstić information content (AvgIpc) is 3.44. The minimum Gasteiger partial charge on any atom is -0.383 e. The summed E-state index contributed by atoms with van der Waals surface area (Å²) >= 11 is 0. The van der Waals surface area contributed by atoms with E-state index in [0.29, 0.717) is 51.3 Å². The number of nitrogen functional groups attached to an aromatic ring is 1. The van der Waals surface area contributed by atoms with Crippen molar-refractivity contribution in [2.75, 3.05) is 18.8 Å². The zero-order valence-corrected chi connectivity index (χ0v) is 22.2. The highest BCUT2D eigenvalue weighted by atomic mass is 16.5. The standard InChI is InChI=1S/C25H29N9O.C2H6/c1-24(2,3)34-23-17(21(26)30-12-31-23)18(32-34)19-16(20(35-33-19)13-4-5-13)22-28-8-15(9-29-22)14-6-25(7-14)10-27-11-25;1-2/h8-9,12-14,27H,4-7,10-11H2,1-3H3,(H2,26,30,31);1-2H3. The van der Waals surface area contributed by atoms with Crippen LogP contribution in [0.25, 0.3) is 33.8 Å². The largest absolute Gasteiger partial charge is 0.383 e. The lowest BCUT2D eigenvalue weighted by atomic mass is 9.57. The second-order valence-corrected chi connectivity index (χ2v) is 11.5. The van der Waals surface area contributed by atoms with Gasteiger partial charge in [-0.25, -0.2) is 24.6 Å². The maximum Gasteiger partial charge on any atom is 0.165 e. The Balaban J connectivity index is 0.00000123. The number of anilines is 1. The van der Waals surface area contributed by atoms with Crippen LogP contribution in [0.3, 0.4) is 0 Å². The third-order valence-electron chi connectivity index (χ3n) is 7.75. The first-order valence-electron chi connectivity index (χ1n) is 13.4. The molecular formula is C27H35N9O. The van der Waals surface area contributed by atoms with Crippen molar-refractivity contribution in [1.29, 1.82) is 0 Å². The Bertz CT molecular complexity index is 1430. The fourth-order valence-electron chi connectivity index (χ4n) is 5.58. The molecule has 2 aliphatic carbocycles. The third-order valence-corrected chi connectivity index (χ3v) is 7.75. The van der Waals surface area contributed by atoms with Crippen LogP contribution in [0.5, 0.6) is 0 Å². The van der Waals surface area contributed by atoms with E-state index >= 15 is 0 Å². The number of rotatable bonds is 4. The SMILES string of the molecule is CC.CC(C)(C)n1nc(-c2noc(C3CC3)c2-c2ncc(C3CC4(CNC4)C3)cn2)c2c(N)ncnc21. The summed E-state index contributed by atoms with van der Waals surface area (Å²) < 4.78 is 7.78. The molecule has 7 rings (SSSR count). The van der Waals surface area contributed by atoms with Crippen LogP contribution in [0.4, 0.5) is 5.82 Å². The first kappa shape index (κ1) is 24.0. The molecule has 0 radical (unpaired) electrons. The van der Waals surface area contributed by atoms with Gasteiger partial charge >= 0.3 is 0 Å². The number of nitrogens with one attached hydrogen (secondary N) is 1. The van der Waals surface area contributed by atoms with Crippen LogP contribution in [0.1, 0.15) is 83.5 Å². The number of nitrogens with zero attached hydrogens (tertiary/aromatic N) is 7. The molecule has 1 spiro atoms. The lowest BCUT2D eigenvalue weighted by molar-refractivity contribution is 0.0360. The van der Waals surface area contributed by atoms with Crippen LogP contribution >= 0.6 is 0 Å². The van der Waals surface area contributed by atoms with Gasteiger partial charge in [0.1, 0.15) is 23.5 Å². The predicted molar refractivity (Wildman–Crippen MR) is 142 cm³/mol. The molecule has 4 aromatic rings. The maximum atomic E-state index is 6.33. The molecule has 0 unspecified atom stereocenters. The highest BCUT2D eigenvalue weighted by molar-refractivity contribution is 6.00. The lowest BCUT2D eigenvalue weighted by Gasteiger charge is -2.54.